The number of amides is 1. The number of piperazine rings is 1. The number of carbonyl (C=O) groups excluding carboxylic acids is 1. The highest BCUT2D eigenvalue weighted by Crippen LogP contribution is 2.24. The molecule has 1 amide bonds. The molecule has 4 rings (SSSR count). The van der Waals surface area contributed by atoms with Crippen LogP contribution in [0.25, 0.3) is 11.4 Å². The van der Waals surface area contributed by atoms with Gasteiger partial charge >= 0.3 is 0 Å². The zero-order valence-corrected chi connectivity index (χ0v) is 19.1. The van der Waals surface area contributed by atoms with E-state index in [0.29, 0.717) is 37.6 Å². The number of carbonyl (C=O) groups is 1. The number of hydrogen-bond acceptors (Lipinski definition) is 4. The number of aryl methyl sites for hydroxylation is 1. The van der Waals surface area contributed by atoms with Crippen LogP contribution >= 0.6 is 0 Å². The zero-order valence-electron chi connectivity index (χ0n) is 19.1. The SMILES string of the molecule is Cc1cc(N2CCN(C(=O)c3ccc(C(C)(C)C)cc3)CC2)nc(-c2cccc(F)c2)n1. The van der Waals surface area contributed by atoms with E-state index in [4.69, 9.17) is 0 Å². The maximum atomic E-state index is 13.6. The van der Waals surface area contributed by atoms with Gasteiger partial charge in [0.2, 0.25) is 0 Å². The molecule has 1 aliphatic heterocycles. The number of hydrogen-bond donors (Lipinski definition) is 0. The Hall–Kier alpha value is -3.28. The first kappa shape index (κ1) is 21.9. The highest BCUT2D eigenvalue weighted by molar-refractivity contribution is 5.94. The summed E-state index contributed by atoms with van der Waals surface area (Å²) in [5.41, 5.74) is 3.48. The summed E-state index contributed by atoms with van der Waals surface area (Å²) in [6.07, 6.45) is 0. The molecular weight excluding hydrogens is 403 g/mol. The quantitative estimate of drug-likeness (QED) is 0.594. The van der Waals surface area contributed by atoms with E-state index in [0.717, 1.165) is 17.1 Å². The van der Waals surface area contributed by atoms with Gasteiger partial charge < -0.3 is 9.80 Å². The molecule has 0 saturated carbocycles. The van der Waals surface area contributed by atoms with Crippen molar-refractivity contribution in [3.05, 3.63) is 77.2 Å². The first-order chi connectivity index (χ1) is 15.2. The molecule has 1 aromatic heterocycles. The van der Waals surface area contributed by atoms with E-state index in [9.17, 15) is 9.18 Å². The van der Waals surface area contributed by atoms with Gasteiger partial charge in [0.15, 0.2) is 5.82 Å². The minimum absolute atomic E-state index is 0.0597. The summed E-state index contributed by atoms with van der Waals surface area (Å²) >= 11 is 0. The molecule has 0 aliphatic carbocycles. The summed E-state index contributed by atoms with van der Waals surface area (Å²) in [7, 11) is 0. The van der Waals surface area contributed by atoms with Gasteiger partial charge in [-0.15, -0.1) is 0 Å². The van der Waals surface area contributed by atoms with Gasteiger partial charge in [0.25, 0.3) is 5.91 Å². The molecule has 0 N–H and O–H groups in total. The van der Waals surface area contributed by atoms with Crippen LogP contribution in [0.4, 0.5) is 10.2 Å². The van der Waals surface area contributed by atoms with E-state index in [1.165, 1.54) is 17.7 Å². The van der Waals surface area contributed by atoms with Crippen molar-refractivity contribution in [3.63, 3.8) is 0 Å². The molecule has 1 fully saturated rings. The predicted octanol–water partition coefficient (Wildman–Crippen LogP) is 4.85. The molecule has 2 aromatic carbocycles. The van der Waals surface area contributed by atoms with Gasteiger partial charge in [0.05, 0.1) is 0 Å². The Bertz CT molecular complexity index is 1110. The number of anilines is 1. The fourth-order valence-corrected chi connectivity index (χ4v) is 3.90. The molecule has 0 unspecified atom stereocenters. The number of rotatable bonds is 3. The molecule has 6 heteroatoms. The first-order valence-electron chi connectivity index (χ1n) is 11.0. The van der Waals surface area contributed by atoms with Crippen molar-refractivity contribution in [2.45, 2.75) is 33.1 Å². The van der Waals surface area contributed by atoms with Crippen molar-refractivity contribution < 1.29 is 9.18 Å². The molecule has 166 valence electrons. The van der Waals surface area contributed by atoms with Crippen LogP contribution in [-0.4, -0.2) is 47.0 Å². The first-order valence-corrected chi connectivity index (χ1v) is 11.0. The van der Waals surface area contributed by atoms with Crippen LogP contribution in [0.5, 0.6) is 0 Å². The molecule has 0 radical (unpaired) electrons. The number of aromatic nitrogens is 2. The van der Waals surface area contributed by atoms with E-state index in [2.05, 4.69) is 35.6 Å². The summed E-state index contributed by atoms with van der Waals surface area (Å²) in [5.74, 6) is 1.07. The standard InChI is InChI=1S/C26H29FN4O/c1-18-16-23(29-24(28-18)20-6-5-7-22(27)17-20)30-12-14-31(15-13-30)25(32)19-8-10-21(11-9-19)26(2,3)4/h5-11,16-17H,12-15H2,1-4H3. The Kier molecular flexibility index (Phi) is 5.96. The van der Waals surface area contributed by atoms with Gasteiger partial charge in [-0.1, -0.05) is 45.0 Å². The predicted molar refractivity (Wildman–Crippen MR) is 125 cm³/mol. The lowest BCUT2D eigenvalue weighted by Crippen LogP contribution is -2.49. The van der Waals surface area contributed by atoms with Gasteiger partial charge in [-0.2, -0.15) is 0 Å². The third-order valence-corrected chi connectivity index (χ3v) is 5.81. The summed E-state index contributed by atoms with van der Waals surface area (Å²) in [4.78, 5) is 26.2. The fraction of sp³-hybridized carbons (Fsp3) is 0.346. The number of benzene rings is 2. The average Bonchev–Trinajstić information content (AvgIpc) is 2.78. The van der Waals surface area contributed by atoms with E-state index in [1.54, 1.807) is 6.07 Å². The van der Waals surface area contributed by atoms with Gasteiger partial charge in [0.1, 0.15) is 11.6 Å². The van der Waals surface area contributed by atoms with Crippen molar-refractivity contribution in [2.24, 2.45) is 0 Å². The van der Waals surface area contributed by atoms with Crippen LogP contribution in [0, 0.1) is 12.7 Å². The van der Waals surface area contributed by atoms with Crippen molar-refractivity contribution in [1.29, 1.82) is 0 Å². The Morgan fingerprint density at radius 3 is 2.25 bits per heavy atom. The van der Waals surface area contributed by atoms with Crippen LogP contribution in [-0.2, 0) is 5.41 Å². The van der Waals surface area contributed by atoms with Gasteiger partial charge in [-0.25, -0.2) is 14.4 Å². The lowest BCUT2D eigenvalue weighted by atomic mass is 9.86. The van der Waals surface area contributed by atoms with E-state index < -0.39 is 0 Å². The third-order valence-electron chi connectivity index (χ3n) is 5.81. The number of halogens is 1. The molecule has 0 bridgehead atoms. The molecule has 32 heavy (non-hydrogen) atoms. The molecule has 0 atom stereocenters. The van der Waals surface area contributed by atoms with Crippen LogP contribution in [0.3, 0.4) is 0 Å². The van der Waals surface area contributed by atoms with Crippen molar-refractivity contribution in [2.75, 3.05) is 31.1 Å². The second-order valence-corrected chi connectivity index (χ2v) is 9.31. The molecule has 5 nitrogen and oxygen atoms in total. The Morgan fingerprint density at radius 1 is 0.938 bits per heavy atom. The van der Waals surface area contributed by atoms with Gasteiger partial charge in [-0.05, 0) is 42.2 Å². The molecule has 0 spiro atoms. The average molecular weight is 433 g/mol. The molecular formula is C26H29FN4O. The molecule has 3 aromatic rings. The fourth-order valence-electron chi connectivity index (χ4n) is 3.90. The summed E-state index contributed by atoms with van der Waals surface area (Å²) < 4.78 is 13.6. The van der Waals surface area contributed by atoms with Crippen molar-refractivity contribution in [3.8, 4) is 11.4 Å². The topological polar surface area (TPSA) is 49.3 Å². The third kappa shape index (κ3) is 4.79. The lowest BCUT2D eigenvalue weighted by Gasteiger charge is -2.35. The van der Waals surface area contributed by atoms with Gasteiger partial charge in [-0.3, -0.25) is 4.79 Å². The van der Waals surface area contributed by atoms with Crippen LogP contribution in [0.1, 0.15) is 42.4 Å². The Balaban J connectivity index is 1.45. The largest absolute Gasteiger partial charge is 0.353 e. The Morgan fingerprint density at radius 2 is 1.62 bits per heavy atom. The Labute approximate surface area is 188 Å². The van der Waals surface area contributed by atoms with Gasteiger partial charge in [0, 0.05) is 49.1 Å². The van der Waals surface area contributed by atoms with Crippen LogP contribution in [0.2, 0.25) is 0 Å². The van der Waals surface area contributed by atoms with Crippen molar-refractivity contribution in [1.82, 2.24) is 14.9 Å². The summed E-state index contributed by atoms with van der Waals surface area (Å²) in [6, 6.07) is 16.2. The van der Waals surface area contributed by atoms with Crippen molar-refractivity contribution >= 4 is 11.7 Å². The lowest BCUT2D eigenvalue weighted by molar-refractivity contribution is 0.0746. The summed E-state index contributed by atoms with van der Waals surface area (Å²) in [5, 5.41) is 0. The maximum absolute atomic E-state index is 13.6. The smallest absolute Gasteiger partial charge is 0.253 e. The highest BCUT2D eigenvalue weighted by atomic mass is 19.1. The zero-order chi connectivity index (χ0) is 22.9. The molecule has 2 heterocycles. The minimum atomic E-state index is -0.309. The van der Waals surface area contributed by atoms with Crippen LogP contribution < -0.4 is 4.90 Å². The minimum Gasteiger partial charge on any atom is -0.353 e. The highest BCUT2D eigenvalue weighted by Gasteiger charge is 2.24. The van der Waals surface area contributed by atoms with E-state index in [-0.39, 0.29) is 17.1 Å². The summed E-state index contributed by atoms with van der Waals surface area (Å²) in [6.45, 7) is 11.0. The maximum Gasteiger partial charge on any atom is 0.253 e. The molecule has 1 saturated heterocycles. The second-order valence-electron chi connectivity index (χ2n) is 9.31. The number of nitrogens with zero attached hydrogens (tertiary/aromatic N) is 4. The van der Waals surface area contributed by atoms with Crippen LogP contribution in [0.15, 0.2) is 54.6 Å². The van der Waals surface area contributed by atoms with E-state index in [1.807, 2.05) is 48.2 Å². The monoisotopic (exact) mass is 432 g/mol. The second kappa shape index (κ2) is 8.69. The normalized spacial score (nSPS) is 14.5. The molecule has 1 aliphatic rings. The van der Waals surface area contributed by atoms with E-state index >= 15 is 0 Å².